The van der Waals surface area contributed by atoms with E-state index in [9.17, 15) is 24.2 Å². The number of anilines is 1. The monoisotopic (exact) mass is 466 g/mol. The van der Waals surface area contributed by atoms with Gasteiger partial charge in [0.05, 0.1) is 12.7 Å². The molecule has 0 bridgehead atoms. The average Bonchev–Trinajstić information content (AvgIpc) is 2.98. The highest BCUT2D eigenvalue weighted by Gasteiger charge is 2.46. The van der Waals surface area contributed by atoms with Crippen LogP contribution in [0.3, 0.4) is 0 Å². The van der Waals surface area contributed by atoms with Crippen LogP contribution in [0.4, 0.5) is 10.6 Å². The number of nitrogens with zero attached hydrogens (tertiary/aromatic N) is 2. The second-order valence-electron chi connectivity index (χ2n) is 6.79. The van der Waals surface area contributed by atoms with Crippen molar-refractivity contribution in [2.24, 2.45) is 0 Å². The predicted octanol–water partition coefficient (Wildman–Crippen LogP) is -0.633. The Morgan fingerprint density at radius 1 is 1.48 bits per heavy atom. The molecule has 1 aliphatic heterocycles. The van der Waals surface area contributed by atoms with Gasteiger partial charge < -0.3 is 34.7 Å². The van der Waals surface area contributed by atoms with Gasteiger partial charge in [-0.3, -0.25) is 9.09 Å². The number of carbonyl (C=O) groups is 1. The van der Waals surface area contributed by atoms with Crippen molar-refractivity contribution in [1.29, 1.82) is 0 Å². The Morgan fingerprint density at radius 2 is 2.19 bits per heavy atom. The molecule has 1 aromatic rings. The number of ether oxygens (including phenoxy) is 4. The van der Waals surface area contributed by atoms with Crippen molar-refractivity contribution >= 4 is 19.7 Å². The van der Waals surface area contributed by atoms with Crippen LogP contribution in [0.5, 0.6) is 0 Å². The standard InChI is InChI=1S/C16H27N4O10P/c1-9(2)29-16(23)27-7-5-18-31(24,25)28-8-10-12(21)13(26-3)14(30-10)20-6-4-11(17)19-15(20)22/h4,6,9-10,12-14,21H,5,7-8H2,1-3H3,(H2,17,19,22)(H2,18,24,25)/t10-,12?,13?,14-/m1/s1. The second kappa shape index (κ2) is 11.0. The molecule has 176 valence electrons. The molecule has 5 atom stereocenters. The number of rotatable bonds is 10. The molecule has 31 heavy (non-hydrogen) atoms. The molecule has 0 aromatic carbocycles. The summed E-state index contributed by atoms with van der Waals surface area (Å²) in [6.45, 7) is 2.38. The van der Waals surface area contributed by atoms with Gasteiger partial charge in [-0.1, -0.05) is 0 Å². The quantitative estimate of drug-likeness (QED) is 0.193. The lowest BCUT2D eigenvalue weighted by Gasteiger charge is -2.20. The third kappa shape index (κ3) is 7.25. The van der Waals surface area contributed by atoms with Crippen LogP contribution in [0.2, 0.25) is 0 Å². The van der Waals surface area contributed by atoms with Crippen LogP contribution in [-0.2, 0) is 28.0 Å². The number of nitrogens with two attached hydrogens (primary N) is 1. The molecule has 0 amide bonds. The fraction of sp³-hybridized carbons (Fsp3) is 0.688. The van der Waals surface area contributed by atoms with Crippen molar-refractivity contribution in [3.63, 3.8) is 0 Å². The normalized spacial score (nSPS) is 25.4. The summed E-state index contributed by atoms with van der Waals surface area (Å²) in [5.41, 5.74) is 4.75. The number of aliphatic hydroxyl groups excluding tert-OH is 1. The minimum Gasteiger partial charge on any atom is -0.433 e. The molecule has 0 saturated carbocycles. The van der Waals surface area contributed by atoms with Crippen LogP contribution in [0, 0.1) is 0 Å². The van der Waals surface area contributed by atoms with Gasteiger partial charge >= 0.3 is 19.6 Å². The van der Waals surface area contributed by atoms with E-state index in [0.29, 0.717) is 0 Å². The molecule has 2 heterocycles. The van der Waals surface area contributed by atoms with Crippen molar-refractivity contribution in [1.82, 2.24) is 14.6 Å². The second-order valence-corrected chi connectivity index (χ2v) is 8.40. The first-order valence-electron chi connectivity index (χ1n) is 9.31. The number of hydrogen-bond donors (Lipinski definition) is 4. The predicted molar refractivity (Wildman–Crippen MR) is 105 cm³/mol. The molecule has 14 nitrogen and oxygen atoms in total. The largest absolute Gasteiger partial charge is 0.508 e. The number of hydrogen-bond acceptors (Lipinski definition) is 11. The van der Waals surface area contributed by atoms with Crippen molar-refractivity contribution in [3.05, 3.63) is 22.7 Å². The minimum atomic E-state index is -4.31. The van der Waals surface area contributed by atoms with E-state index in [-0.39, 0.29) is 25.1 Å². The molecule has 0 radical (unpaired) electrons. The van der Waals surface area contributed by atoms with Gasteiger partial charge in [0.1, 0.15) is 30.7 Å². The first-order valence-corrected chi connectivity index (χ1v) is 10.9. The first-order chi connectivity index (χ1) is 14.5. The van der Waals surface area contributed by atoms with Gasteiger partial charge in [-0.15, -0.1) is 0 Å². The minimum absolute atomic E-state index is 0.0161. The number of methoxy groups -OCH3 is 1. The highest BCUT2D eigenvalue weighted by atomic mass is 31.2. The molecule has 1 aliphatic rings. The van der Waals surface area contributed by atoms with E-state index in [4.69, 9.17) is 29.2 Å². The number of nitrogens with one attached hydrogen (secondary N) is 1. The van der Waals surface area contributed by atoms with E-state index in [0.717, 1.165) is 4.57 Å². The Morgan fingerprint density at radius 3 is 2.81 bits per heavy atom. The third-order valence-corrected chi connectivity index (χ3v) is 5.21. The van der Waals surface area contributed by atoms with Gasteiger partial charge in [0.25, 0.3) is 0 Å². The zero-order valence-electron chi connectivity index (χ0n) is 17.2. The topological polar surface area (TPSA) is 194 Å². The van der Waals surface area contributed by atoms with Crippen LogP contribution in [0.15, 0.2) is 17.1 Å². The summed E-state index contributed by atoms with van der Waals surface area (Å²) in [6.07, 6.45) is -4.31. The molecule has 0 aliphatic carbocycles. The number of carbonyl (C=O) groups excluding carboxylic acids is 1. The van der Waals surface area contributed by atoms with Gasteiger partial charge in [0.15, 0.2) is 6.23 Å². The van der Waals surface area contributed by atoms with E-state index in [1.165, 1.54) is 19.4 Å². The van der Waals surface area contributed by atoms with Gasteiger partial charge in [0.2, 0.25) is 0 Å². The van der Waals surface area contributed by atoms with Crippen molar-refractivity contribution in [2.75, 3.05) is 32.6 Å². The van der Waals surface area contributed by atoms with Gasteiger partial charge in [0, 0.05) is 19.9 Å². The average molecular weight is 466 g/mol. The Labute approximate surface area is 177 Å². The molecular weight excluding hydrogens is 439 g/mol. The van der Waals surface area contributed by atoms with Crippen LogP contribution in [-0.4, -0.2) is 77.0 Å². The van der Waals surface area contributed by atoms with Gasteiger partial charge in [-0.05, 0) is 19.9 Å². The van der Waals surface area contributed by atoms with Crippen LogP contribution in [0.25, 0.3) is 0 Å². The van der Waals surface area contributed by atoms with E-state index >= 15 is 0 Å². The Kier molecular flexibility index (Phi) is 8.94. The summed E-state index contributed by atoms with van der Waals surface area (Å²) in [5.74, 6) is 0.0161. The lowest BCUT2D eigenvalue weighted by atomic mass is 10.1. The summed E-state index contributed by atoms with van der Waals surface area (Å²) in [6, 6.07) is 1.37. The summed E-state index contributed by atoms with van der Waals surface area (Å²) < 4.78 is 38.4. The maximum absolute atomic E-state index is 12.1. The molecule has 2 rings (SSSR count). The van der Waals surface area contributed by atoms with E-state index < -0.39 is 50.7 Å². The molecule has 1 fully saturated rings. The molecule has 15 heteroatoms. The van der Waals surface area contributed by atoms with Crippen LogP contribution >= 0.6 is 7.75 Å². The highest BCUT2D eigenvalue weighted by Crippen LogP contribution is 2.39. The Hall–Kier alpha value is -2.06. The summed E-state index contributed by atoms with van der Waals surface area (Å²) in [4.78, 5) is 36.7. The Bertz CT molecular complexity index is 850. The van der Waals surface area contributed by atoms with E-state index in [2.05, 4.69) is 10.1 Å². The van der Waals surface area contributed by atoms with E-state index in [1.54, 1.807) is 13.8 Å². The number of nitrogen functional groups attached to an aromatic ring is 1. The molecule has 3 unspecified atom stereocenters. The number of aromatic nitrogens is 2. The lowest BCUT2D eigenvalue weighted by Crippen LogP contribution is -2.37. The fourth-order valence-electron chi connectivity index (χ4n) is 2.72. The Balaban J connectivity index is 1.88. The van der Waals surface area contributed by atoms with Crippen molar-refractivity contribution in [3.8, 4) is 0 Å². The third-order valence-electron chi connectivity index (χ3n) is 4.09. The molecule has 1 saturated heterocycles. The SMILES string of the molecule is COC1C(O)[C@@H](COP(=O)(O)NCCOC(=O)OC(C)C)O[C@H]1n1ccc(N)nc1=O. The highest BCUT2D eigenvalue weighted by molar-refractivity contribution is 7.50. The van der Waals surface area contributed by atoms with Crippen molar-refractivity contribution in [2.45, 2.75) is 44.5 Å². The smallest absolute Gasteiger partial charge is 0.433 e. The first kappa shape index (κ1) is 25.2. The number of aliphatic hydroxyl groups is 1. The fourth-order valence-corrected chi connectivity index (χ4v) is 3.54. The summed E-state index contributed by atoms with van der Waals surface area (Å²) in [7, 11) is -2.99. The zero-order valence-corrected chi connectivity index (χ0v) is 18.1. The molecule has 5 N–H and O–H groups in total. The summed E-state index contributed by atoms with van der Waals surface area (Å²) in [5, 5.41) is 12.6. The molecule has 1 aromatic heterocycles. The van der Waals surface area contributed by atoms with Crippen molar-refractivity contribution < 1.29 is 42.8 Å². The van der Waals surface area contributed by atoms with Gasteiger partial charge in [-0.2, -0.15) is 4.98 Å². The van der Waals surface area contributed by atoms with Crippen LogP contribution in [0.1, 0.15) is 20.1 Å². The lowest BCUT2D eigenvalue weighted by molar-refractivity contribution is -0.0610. The summed E-state index contributed by atoms with van der Waals surface area (Å²) >= 11 is 0. The zero-order chi connectivity index (χ0) is 23.2. The maximum atomic E-state index is 12.1. The van der Waals surface area contributed by atoms with E-state index in [1.807, 2.05) is 0 Å². The van der Waals surface area contributed by atoms with Gasteiger partial charge in [-0.25, -0.2) is 19.2 Å². The molecular formula is C16H27N4O10P. The maximum Gasteiger partial charge on any atom is 0.508 e. The molecule has 0 spiro atoms. The van der Waals surface area contributed by atoms with Crippen LogP contribution < -0.4 is 16.5 Å².